The van der Waals surface area contributed by atoms with E-state index in [4.69, 9.17) is 21.7 Å². The topological polar surface area (TPSA) is 81.7 Å². The summed E-state index contributed by atoms with van der Waals surface area (Å²) in [5.74, 6) is 0.00294. The maximum atomic E-state index is 12.0. The van der Waals surface area contributed by atoms with Crippen LogP contribution in [-0.2, 0) is 22.6 Å². The fourth-order valence-corrected chi connectivity index (χ4v) is 4.26. The average molecular weight is 470 g/mol. The summed E-state index contributed by atoms with van der Waals surface area (Å²) in [6, 6.07) is 11.0. The molecule has 0 aromatic heterocycles. The zero-order valence-corrected chi connectivity index (χ0v) is 19.7. The van der Waals surface area contributed by atoms with E-state index in [-0.39, 0.29) is 17.4 Å². The highest BCUT2D eigenvalue weighted by Gasteiger charge is 2.22. The standard InChI is InChI=1S/C24H23NO5S2/c1-4-5-19-20(11-10-18(14(2)26)22(19)30-15(3)27)29-13-17-8-6-16(7-9-17)12-21-23(28)25-24(31)32-21/h6-12H,4-5,13H2,1-3H3,(H,25,28,31)/b21-12-. The summed E-state index contributed by atoms with van der Waals surface area (Å²) in [4.78, 5) is 36.0. The first-order valence-electron chi connectivity index (χ1n) is 10.1. The molecule has 1 aliphatic rings. The van der Waals surface area contributed by atoms with Gasteiger partial charge in [0.1, 0.15) is 22.4 Å². The number of esters is 1. The lowest BCUT2D eigenvalue weighted by molar-refractivity contribution is -0.132. The Morgan fingerprint density at radius 1 is 1.12 bits per heavy atom. The molecular formula is C24H23NO5S2. The highest BCUT2D eigenvalue weighted by Crippen LogP contribution is 2.35. The summed E-state index contributed by atoms with van der Waals surface area (Å²) in [5, 5.41) is 2.59. The van der Waals surface area contributed by atoms with Crippen LogP contribution in [0.5, 0.6) is 11.5 Å². The quantitative estimate of drug-likeness (QED) is 0.195. The van der Waals surface area contributed by atoms with Gasteiger partial charge >= 0.3 is 5.97 Å². The van der Waals surface area contributed by atoms with Crippen LogP contribution in [0.25, 0.3) is 6.08 Å². The van der Waals surface area contributed by atoms with Crippen LogP contribution in [0.4, 0.5) is 0 Å². The summed E-state index contributed by atoms with van der Waals surface area (Å²) in [5.41, 5.74) is 2.88. The third kappa shape index (κ3) is 5.83. The van der Waals surface area contributed by atoms with Crippen molar-refractivity contribution in [1.82, 2.24) is 5.32 Å². The first-order chi connectivity index (χ1) is 15.3. The molecule has 0 spiro atoms. The normalized spacial score (nSPS) is 14.4. The van der Waals surface area contributed by atoms with Crippen LogP contribution in [0, 0.1) is 0 Å². The Hall–Kier alpha value is -2.97. The molecular weight excluding hydrogens is 446 g/mol. The third-order valence-corrected chi connectivity index (χ3v) is 5.82. The van der Waals surface area contributed by atoms with E-state index < -0.39 is 5.97 Å². The molecule has 8 heteroatoms. The van der Waals surface area contributed by atoms with E-state index in [1.165, 1.54) is 25.6 Å². The second kappa shape index (κ2) is 10.6. The van der Waals surface area contributed by atoms with Gasteiger partial charge in [-0.3, -0.25) is 14.4 Å². The molecule has 1 amide bonds. The number of rotatable bonds is 8. The molecule has 0 radical (unpaired) electrons. The second-order valence-electron chi connectivity index (χ2n) is 7.20. The van der Waals surface area contributed by atoms with E-state index in [0.717, 1.165) is 17.5 Å². The monoisotopic (exact) mass is 469 g/mol. The molecule has 0 aliphatic carbocycles. The van der Waals surface area contributed by atoms with Crippen molar-refractivity contribution in [3.63, 3.8) is 0 Å². The molecule has 0 atom stereocenters. The maximum Gasteiger partial charge on any atom is 0.308 e. The van der Waals surface area contributed by atoms with E-state index in [0.29, 0.717) is 39.1 Å². The smallest absolute Gasteiger partial charge is 0.308 e. The highest BCUT2D eigenvalue weighted by atomic mass is 32.2. The van der Waals surface area contributed by atoms with Gasteiger partial charge in [-0.1, -0.05) is 61.6 Å². The van der Waals surface area contributed by atoms with Crippen LogP contribution in [0.15, 0.2) is 41.3 Å². The van der Waals surface area contributed by atoms with Crippen molar-refractivity contribution in [2.24, 2.45) is 0 Å². The van der Waals surface area contributed by atoms with Crippen molar-refractivity contribution in [1.29, 1.82) is 0 Å². The Kier molecular flexibility index (Phi) is 7.82. The molecule has 32 heavy (non-hydrogen) atoms. The maximum absolute atomic E-state index is 12.0. The number of Topliss-reactive ketones (excluding diaryl/α,β-unsaturated/α-hetero) is 1. The summed E-state index contributed by atoms with van der Waals surface area (Å²) in [6.07, 6.45) is 3.19. The molecule has 2 aromatic rings. The lowest BCUT2D eigenvalue weighted by Crippen LogP contribution is -2.17. The first-order valence-corrected chi connectivity index (χ1v) is 11.3. The van der Waals surface area contributed by atoms with Gasteiger partial charge in [-0.05, 0) is 42.7 Å². The number of hydrogen-bond acceptors (Lipinski definition) is 7. The number of ether oxygens (including phenoxy) is 2. The summed E-state index contributed by atoms with van der Waals surface area (Å²) in [6.45, 7) is 5.05. The largest absolute Gasteiger partial charge is 0.488 e. The summed E-state index contributed by atoms with van der Waals surface area (Å²) in [7, 11) is 0. The van der Waals surface area contributed by atoms with Crippen molar-refractivity contribution in [2.45, 2.75) is 40.2 Å². The number of ketones is 1. The zero-order valence-electron chi connectivity index (χ0n) is 18.0. The van der Waals surface area contributed by atoms with Gasteiger partial charge in [0.2, 0.25) is 0 Å². The molecule has 2 aromatic carbocycles. The second-order valence-corrected chi connectivity index (χ2v) is 8.92. The molecule has 1 aliphatic heterocycles. The van der Waals surface area contributed by atoms with E-state index >= 15 is 0 Å². The molecule has 1 heterocycles. The van der Waals surface area contributed by atoms with Gasteiger partial charge in [0.15, 0.2) is 5.78 Å². The number of benzene rings is 2. The third-order valence-electron chi connectivity index (χ3n) is 4.66. The fourth-order valence-electron chi connectivity index (χ4n) is 3.21. The van der Waals surface area contributed by atoms with E-state index in [1.54, 1.807) is 18.2 Å². The fraction of sp³-hybridized carbons (Fsp3) is 0.250. The number of carbonyl (C=O) groups excluding carboxylic acids is 3. The number of thiocarbonyl (C=S) groups is 1. The molecule has 6 nitrogen and oxygen atoms in total. The molecule has 0 unspecified atom stereocenters. The number of amides is 1. The number of nitrogens with one attached hydrogen (secondary N) is 1. The van der Waals surface area contributed by atoms with Gasteiger partial charge in [-0.2, -0.15) is 0 Å². The lowest BCUT2D eigenvalue weighted by Gasteiger charge is -2.17. The minimum atomic E-state index is -0.485. The Morgan fingerprint density at radius 2 is 1.84 bits per heavy atom. The Labute approximate surface area is 196 Å². The molecule has 0 bridgehead atoms. The average Bonchev–Trinajstić information content (AvgIpc) is 3.05. The predicted molar refractivity (Wildman–Crippen MR) is 129 cm³/mol. The highest BCUT2D eigenvalue weighted by molar-refractivity contribution is 8.26. The van der Waals surface area contributed by atoms with Crippen LogP contribution in [0.2, 0.25) is 0 Å². The van der Waals surface area contributed by atoms with Gasteiger partial charge in [0, 0.05) is 12.5 Å². The summed E-state index contributed by atoms with van der Waals surface area (Å²) < 4.78 is 11.9. The predicted octanol–water partition coefficient (Wildman–Crippen LogP) is 4.83. The van der Waals surface area contributed by atoms with Crippen molar-refractivity contribution >= 4 is 52.0 Å². The number of carbonyl (C=O) groups is 3. The van der Waals surface area contributed by atoms with Gasteiger partial charge in [0.05, 0.1) is 10.5 Å². The van der Waals surface area contributed by atoms with Gasteiger partial charge in [-0.15, -0.1) is 0 Å². The molecule has 1 fully saturated rings. The minimum Gasteiger partial charge on any atom is -0.488 e. The van der Waals surface area contributed by atoms with E-state index in [2.05, 4.69) is 5.32 Å². The van der Waals surface area contributed by atoms with Gasteiger partial charge in [-0.25, -0.2) is 0 Å². The van der Waals surface area contributed by atoms with Crippen molar-refractivity contribution < 1.29 is 23.9 Å². The molecule has 1 saturated heterocycles. The van der Waals surface area contributed by atoms with Crippen molar-refractivity contribution in [3.05, 3.63) is 63.6 Å². The molecule has 1 N–H and O–H groups in total. The zero-order chi connectivity index (χ0) is 23.3. The lowest BCUT2D eigenvalue weighted by atomic mass is 10.0. The Morgan fingerprint density at radius 3 is 2.41 bits per heavy atom. The van der Waals surface area contributed by atoms with Gasteiger partial charge < -0.3 is 14.8 Å². The Bertz CT molecular complexity index is 1110. The van der Waals surface area contributed by atoms with Crippen molar-refractivity contribution in [3.8, 4) is 11.5 Å². The van der Waals surface area contributed by atoms with Crippen LogP contribution >= 0.6 is 24.0 Å². The van der Waals surface area contributed by atoms with Crippen molar-refractivity contribution in [2.75, 3.05) is 0 Å². The number of hydrogen-bond donors (Lipinski definition) is 1. The van der Waals surface area contributed by atoms with E-state index in [1.807, 2.05) is 31.2 Å². The first kappa shape index (κ1) is 23.7. The molecule has 166 valence electrons. The van der Waals surface area contributed by atoms with Crippen LogP contribution < -0.4 is 14.8 Å². The van der Waals surface area contributed by atoms with Crippen LogP contribution in [-0.4, -0.2) is 22.0 Å². The SMILES string of the molecule is CCCc1c(OCc2ccc(/C=C3\SC(=S)NC3=O)cc2)ccc(C(C)=O)c1OC(C)=O. The summed E-state index contributed by atoms with van der Waals surface area (Å²) >= 11 is 6.24. The minimum absolute atomic E-state index is 0.176. The molecule has 3 rings (SSSR count). The van der Waals surface area contributed by atoms with E-state index in [9.17, 15) is 14.4 Å². The number of thioether (sulfide) groups is 1. The van der Waals surface area contributed by atoms with Crippen LogP contribution in [0.3, 0.4) is 0 Å². The van der Waals surface area contributed by atoms with Gasteiger partial charge in [0.25, 0.3) is 5.91 Å². The Balaban J connectivity index is 1.79. The van der Waals surface area contributed by atoms with Crippen LogP contribution in [0.1, 0.15) is 54.2 Å². The molecule has 0 saturated carbocycles.